The van der Waals surface area contributed by atoms with E-state index in [2.05, 4.69) is 5.32 Å². The number of hydrogen-bond donors (Lipinski definition) is 1. The van der Waals surface area contributed by atoms with E-state index in [0.717, 1.165) is 25.5 Å². The molecule has 1 aliphatic rings. The van der Waals surface area contributed by atoms with E-state index in [1.807, 2.05) is 7.05 Å². The highest BCUT2D eigenvalue weighted by atomic mass is 32.2. The molecule has 1 saturated heterocycles. The number of hydrogen-bond acceptors (Lipinski definition) is 6. The van der Waals surface area contributed by atoms with Crippen molar-refractivity contribution in [2.75, 3.05) is 33.8 Å². The van der Waals surface area contributed by atoms with Gasteiger partial charge in [-0.25, -0.2) is 8.42 Å². The van der Waals surface area contributed by atoms with E-state index in [0.29, 0.717) is 19.0 Å². The molecule has 1 aliphatic heterocycles. The maximum Gasteiger partial charge on any atom is 0.312 e. The van der Waals surface area contributed by atoms with Gasteiger partial charge in [0.2, 0.25) is 10.0 Å². The van der Waals surface area contributed by atoms with Crippen molar-refractivity contribution in [1.82, 2.24) is 9.62 Å². The van der Waals surface area contributed by atoms with Crippen molar-refractivity contribution in [3.8, 4) is 5.75 Å². The van der Waals surface area contributed by atoms with Crippen LogP contribution in [-0.2, 0) is 10.0 Å². The van der Waals surface area contributed by atoms with Gasteiger partial charge >= 0.3 is 5.69 Å². The lowest BCUT2D eigenvalue weighted by atomic mass is 9.98. The Labute approximate surface area is 135 Å². The molecule has 0 aliphatic carbocycles. The number of nitrogens with zero attached hydrogens (tertiary/aromatic N) is 2. The van der Waals surface area contributed by atoms with Gasteiger partial charge in [-0.05, 0) is 44.5 Å². The van der Waals surface area contributed by atoms with E-state index in [4.69, 9.17) is 4.74 Å². The first-order valence-electron chi connectivity index (χ1n) is 7.37. The Hall–Kier alpha value is -1.71. The van der Waals surface area contributed by atoms with Crippen molar-refractivity contribution < 1.29 is 18.1 Å². The van der Waals surface area contributed by atoms with Gasteiger partial charge in [0.05, 0.1) is 16.9 Å². The maximum absolute atomic E-state index is 12.7. The second-order valence-corrected chi connectivity index (χ2v) is 7.43. The van der Waals surface area contributed by atoms with Gasteiger partial charge in [-0.15, -0.1) is 0 Å². The van der Waals surface area contributed by atoms with Crippen molar-refractivity contribution in [1.29, 1.82) is 0 Å². The molecule has 1 N–H and O–H groups in total. The largest absolute Gasteiger partial charge is 0.490 e. The minimum Gasteiger partial charge on any atom is -0.490 e. The van der Waals surface area contributed by atoms with Crippen LogP contribution < -0.4 is 10.1 Å². The van der Waals surface area contributed by atoms with E-state index < -0.39 is 14.9 Å². The predicted octanol–water partition coefficient (Wildman–Crippen LogP) is 1.22. The van der Waals surface area contributed by atoms with Gasteiger partial charge in [0.25, 0.3) is 0 Å². The number of piperidine rings is 1. The Kier molecular flexibility index (Phi) is 5.55. The van der Waals surface area contributed by atoms with Crippen LogP contribution in [0.15, 0.2) is 23.1 Å². The zero-order chi connectivity index (χ0) is 17.0. The van der Waals surface area contributed by atoms with Gasteiger partial charge in [-0.1, -0.05) is 0 Å². The van der Waals surface area contributed by atoms with E-state index >= 15 is 0 Å². The summed E-state index contributed by atoms with van der Waals surface area (Å²) in [5.74, 6) is 0.498. The van der Waals surface area contributed by atoms with Crippen LogP contribution in [0.3, 0.4) is 0 Å². The quantitative estimate of drug-likeness (QED) is 0.615. The molecule has 0 spiro atoms. The molecular weight excluding hydrogens is 322 g/mol. The third-order valence-electron chi connectivity index (χ3n) is 4.05. The molecule has 0 unspecified atom stereocenters. The lowest BCUT2D eigenvalue weighted by Gasteiger charge is -2.31. The molecule has 2 rings (SSSR count). The first-order chi connectivity index (χ1) is 10.9. The van der Waals surface area contributed by atoms with Crippen molar-refractivity contribution in [2.45, 2.75) is 17.7 Å². The molecule has 1 aromatic rings. The summed E-state index contributed by atoms with van der Waals surface area (Å²) in [6, 6.07) is 3.73. The monoisotopic (exact) mass is 343 g/mol. The maximum atomic E-state index is 12.7. The van der Waals surface area contributed by atoms with E-state index in [9.17, 15) is 18.5 Å². The van der Waals surface area contributed by atoms with E-state index in [1.165, 1.54) is 23.5 Å². The van der Waals surface area contributed by atoms with Crippen LogP contribution >= 0.6 is 0 Å². The van der Waals surface area contributed by atoms with Gasteiger partial charge in [0.1, 0.15) is 0 Å². The summed E-state index contributed by atoms with van der Waals surface area (Å²) < 4.78 is 31.6. The molecule has 0 amide bonds. The van der Waals surface area contributed by atoms with Crippen molar-refractivity contribution in [3.63, 3.8) is 0 Å². The number of ether oxygens (including phenoxy) is 1. The van der Waals surface area contributed by atoms with Crippen LogP contribution in [0.4, 0.5) is 5.69 Å². The molecule has 0 saturated carbocycles. The number of benzene rings is 1. The normalized spacial score (nSPS) is 17.1. The SMILES string of the molecule is CNCC1CCN(S(=O)(=O)c2ccc(OC)c([N+](=O)[O-])c2)CC1. The molecule has 128 valence electrons. The average molecular weight is 343 g/mol. The smallest absolute Gasteiger partial charge is 0.312 e. The van der Waals surface area contributed by atoms with Crippen molar-refractivity contribution >= 4 is 15.7 Å². The third kappa shape index (κ3) is 3.80. The molecule has 1 aromatic carbocycles. The Balaban J connectivity index is 2.23. The van der Waals surface area contributed by atoms with Crippen LogP contribution in [0.1, 0.15) is 12.8 Å². The zero-order valence-corrected chi connectivity index (χ0v) is 14.0. The third-order valence-corrected chi connectivity index (χ3v) is 5.95. The summed E-state index contributed by atoms with van der Waals surface area (Å²) in [5, 5.41) is 14.2. The number of nitrogens with one attached hydrogen (secondary N) is 1. The van der Waals surface area contributed by atoms with Crippen LogP contribution in [0.5, 0.6) is 5.75 Å². The summed E-state index contributed by atoms with van der Waals surface area (Å²) >= 11 is 0. The number of rotatable bonds is 6. The molecule has 23 heavy (non-hydrogen) atoms. The molecule has 1 fully saturated rings. The highest BCUT2D eigenvalue weighted by Crippen LogP contribution is 2.31. The second kappa shape index (κ2) is 7.24. The van der Waals surface area contributed by atoms with Gasteiger partial charge in [-0.3, -0.25) is 10.1 Å². The number of nitro benzene ring substituents is 1. The Morgan fingerprint density at radius 2 is 2.04 bits per heavy atom. The fourth-order valence-corrected chi connectivity index (χ4v) is 4.25. The fraction of sp³-hybridized carbons (Fsp3) is 0.571. The van der Waals surface area contributed by atoms with Crippen LogP contribution in [0, 0.1) is 16.0 Å². The Morgan fingerprint density at radius 3 is 2.57 bits per heavy atom. The molecular formula is C14H21N3O5S. The minimum atomic E-state index is -3.73. The second-order valence-electron chi connectivity index (χ2n) is 5.50. The topological polar surface area (TPSA) is 102 Å². The van der Waals surface area contributed by atoms with Crippen molar-refractivity contribution in [2.24, 2.45) is 5.92 Å². The standard InChI is InChI=1S/C14H21N3O5S/c1-15-10-11-5-7-16(8-6-11)23(20,21)12-3-4-14(22-2)13(9-12)17(18)19/h3-4,9,11,15H,5-8,10H2,1-2H3. The Bertz CT molecular complexity index is 669. The number of methoxy groups -OCH3 is 1. The molecule has 0 bridgehead atoms. The highest BCUT2D eigenvalue weighted by Gasteiger charge is 2.31. The molecule has 8 nitrogen and oxygen atoms in total. The van der Waals surface area contributed by atoms with Gasteiger partial charge in [0, 0.05) is 19.2 Å². The first-order valence-corrected chi connectivity index (χ1v) is 8.81. The van der Waals surface area contributed by atoms with Crippen LogP contribution in [0.2, 0.25) is 0 Å². The fourth-order valence-electron chi connectivity index (χ4n) is 2.76. The molecule has 1 heterocycles. The molecule has 0 atom stereocenters. The van der Waals surface area contributed by atoms with Gasteiger partial charge in [0.15, 0.2) is 5.75 Å². The van der Waals surface area contributed by atoms with Gasteiger partial charge in [-0.2, -0.15) is 4.31 Å². The summed E-state index contributed by atoms with van der Waals surface area (Å²) in [6.45, 7) is 1.71. The summed E-state index contributed by atoms with van der Waals surface area (Å²) in [4.78, 5) is 10.3. The van der Waals surface area contributed by atoms with Crippen LogP contribution in [-0.4, -0.2) is 51.4 Å². The number of sulfonamides is 1. The highest BCUT2D eigenvalue weighted by molar-refractivity contribution is 7.89. The lowest BCUT2D eigenvalue weighted by molar-refractivity contribution is -0.386. The number of nitro groups is 1. The molecule has 0 radical (unpaired) electrons. The van der Waals surface area contributed by atoms with Crippen molar-refractivity contribution in [3.05, 3.63) is 28.3 Å². The predicted molar refractivity (Wildman–Crippen MR) is 85.1 cm³/mol. The first kappa shape index (κ1) is 17.6. The van der Waals surface area contributed by atoms with Crippen LogP contribution in [0.25, 0.3) is 0 Å². The summed E-state index contributed by atoms with van der Waals surface area (Å²) in [7, 11) is -0.545. The summed E-state index contributed by atoms with van der Waals surface area (Å²) in [5.41, 5.74) is -0.348. The average Bonchev–Trinajstić information content (AvgIpc) is 2.55. The minimum absolute atomic E-state index is 0.0432. The molecule has 9 heteroatoms. The molecule has 0 aromatic heterocycles. The Morgan fingerprint density at radius 1 is 1.39 bits per heavy atom. The lowest BCUT2D eigenvalue weighted by Crippen LogP contribution is -2.40. The van der Waals surface area contributed by atoms with Gasteiger partial charge < -0.3 is 10.1 Å². The van der Waals surface area contributed by atoms with E-state index in [-0.39, 0.29) is 16.3 Å². The summed E-state index contributed by atoms with van der Waals surface area (Å²) in [6.07, 6.45) is 1.55. The zero-order valence-electron chi connectivity index (χ0n) is 13.2. The van der Waals surface area contributed by atoms with E-state index in [1.54, 1.807) is 0 Å².